The number of carbonyl (C=O) groups excluding carboxylic acids is 1. The van der Waals surface area contributed by atoms with E-state index in [1.54, 1.807) is 48.1 Å². The number of halogens is 2. The van der Waals surface area contributed by atoms with E-state index in [1.807, 2.05) is 19.0 Å². The van der Waals surface area contributed by atoms with Crippen molar-refractivity contribution in [3.05, 3.63) is 62.7 Å². The first-order valence-electron chi connectivity index (χ1n) is 8.79. The van der Waals surface area contributed by atoms with Crippen molar-refractivity contribution < 1.29 is 19.4 Å². The number of aromatic nitrogens is 1. The van der Waals surface area contributed by atoms with Gasteiger partial charge in [-0.3, -0.25) is 14.2 Å². The number of carboxylic acids is 1. The predicted octanol–water partition coefficient (Wildman–Crippen LogP) is 4.44. The Morgan fingerprint density at radius 3 is 2.41 bits per heavy atom. The second-order valence-corrected chi connectivity index (χ2v) is 8.18. The molecule has 0 saturated carbocycles. The van der Waals surface area contributed by atoms with Gasteiger partial charge in [0.05, 0.1) is 23.5 Å². The number of aliphatic carboxylic acids is 1. The number of ether oxygens (including phenoxy) is 1. The highest BCUT2D eigenvalue weighted by Crippen LogP contribution is 2.36. The summed E-state index contributed by atoms with van der Waals surface area (Å²) in [4.78, 5) is 26.9. The summed E-state index contributed by atoms with van der Waals surface area (Å²) >= 11 is 9.43. The van der Waals surface area contributed by atoms with Crippen LogP contribution in [0.3, 0.4) is 0 Å². The quantitative estimate of drug-likeness (QED) is 0.566. The molecule has 0 aliphatic carbocycles. The van der Waals surface area contributed by atoms with E-state index >= 15 is 0 Å². The fraction of sp³-hybridized carbons (Fsp3) is 0.238. The molecule has 3 rings (SSSR count). The molecule has 1 N–H and O–H groups in total. The second kappa shape index (κ2) is 8.57. The Morgan fingerprint density at radius 2 is 1.86 bits per heavy atom. The molecule has 0 atom stereocenters. The van der Waals surface area contributed by atoms with Gasteiger partial charge in [-0.05, 0) is 72.0 Å². The standard InChI is InChI=1S/C21H20BrClN2O4/c1-24(2)11-18-15(9-20(26)27)14-8-19(29-3)16(22)10-17(14)25(18)21(28)12-4-6-13(23)7-5-12/h4-8,10H,9,11H2,1-3H3,(H,26,27). The minimum absolute atomic E-state index is 0.203. The highest BCUT2D eigenvalue weighted by molar-refractivity contribution is 9.10. The number of carbonyl (C=O) groups is 2. The van der Waals surface area contributed by atoms with Gasteiger partial charge in [-0.15, -0.1) is 0 Å². The van der Waals surface area contributed by atoms with Crippen molar-refractivity contribution in [2.45, 2.75) is 13.0 Å². The summed E-state index contributed by atoms with van der Waals surface area (Å²) in [7, 11) is 5.28. The Hall–Kier alpha value is -2.35. The van der Waals surface area contributed by atoms with Crippen LogP contribution < -0.4 is 4.74 Å². The predicted molar refractivity (Wildman–Crippen MR) is 116 cm³/mol. The van der Waals surface area contributed by atoms with Crippen molar-refractivity contribution in [3.8, 4) is 5.75 Å². The van der Waals surface area contributed by atoms with Crippen molar-refractivity contribution in [2.24, 2.45) is 0 Å². The summed E-state index contributed by atoms with van der Waals surface area (Å²) in [5.74, 6) is -0.654. The van der Waals surface area contributed by atoms with E-state index in [0.29, 0.717) is 49.5 Å². The number of rotatable bonds is 6. The van der Waals surface area contributed by atoms with Gasteiger partial charge in [-0.25, -0.2) is 0 Å². The highest BCUT2D eigenvalue weighted by atomic mass is 79.9. The van der Waals surface area contributed by atoms with Gasteiger partial charge in [0.2, 0.25) is 0 Å². The molecule has 3 aromatic rings. The highest BCUT2D eigenvalue weighted by Gasteiger charge is 2.25. The largest absolute Gasteiger partial charge is 0.496 e. The van der Waals surface area contributed by atoms with Crippen LogP contribution in [0.5, 0.6) is 5.75 Å². The summed E-state index contributed by atoms with van der Waals surface area (Å²) < 4.78 is 7.65. The third-order valence-corrected chi connectivity index (χ3v) is 5.41. The minimum Gasteiger partial charge on any atom is -0.496 e. The second-order valence-electron chi connectivity index (χ2n) is 6.88. The number of carboxylic acid groups (broad SMARTS) is 1. The molecule has 1 aromatic heterocycles. The molecule has 1 heterocycles. The Bertz CT molecular complexity index is 1090. The SMILES string of the molecule is COc1cc2c(CC(=O)O)c(CN(C)C)n(C(=O)c3ccc(Cl)cc3)c2cc1Br. The summed E-state index contributed by atoms with van der Waals surface area (Å²) in [6.45, 7) is 0.399. The van der Waals surface area contributed by atoms with E-state index in [-0.39, 0.29) is 12.3 Å². The first-order chi connectivity index (χ1) is 13.7. The lowest BCUT2D eigenvalue weighted by Gasteiger charge is -2.15. The lowest BCUT2D eigenvalue weighted by atomic mass is 10.1. The summed E-state index contributed by atoms with van der Waals surface area (Å²) in [6.07, 6.45) is -0.203. The van der Waals surface area contributed by atoms with Crippen LogP contribution in [-0.4, -0.2) is 47.7 Å². The first-order valence-corrected chi connectivity index (χ1v) is 9.96. The Balaban J connectivity index is 2.35. The molecule has 0 spiro atoms. The maximum Gasteiger partial charge on any atom is 0.307 e. The third-order valence-electron chi connectivity index (χ3n) is 4.54. The zero-order valence-electron chi connectivity index (χ0n) is 16.2. The Morgan fingerprint density at radius 1 is 1.21 bits per heavy atom. The molecule has 0 amide bonds. The molecule has 8 heteroatoms. The van der Waals surface area contributed by atoms with Gasteiger partial charge in [-0.1, -0.05) is 11.6 Å². The van der Waals surface area contributed by atoms with Crippen LogP contribution in [0.15, 0.2) is 40.9 Å². The molecular formula is C21H20BrClN2O4. The van der Waals surface area contributed by atoms with Crippen LogP contribution in [0.25, 0.3) is 10.9 Å². The van der Waals surface area contributed by atoms with Crippen molar-refractivity contribution in [3.63, 3.8) is 0 Å². The Labute approximate surface area is 181 Å². The summed E-state index contributed by atoms with van der Waals surface area (Å²) in [5, 5.41) is 10.7. The zero-order valence-corrected chi connectivity index (χ0v) is 18.5. The van der Waals surface area contributed by atoms with Gasteiger partial charge < -0.3 is 14.7 Å². The fourth-order valence-corrected chi connectivity index (χ4v) is 3.95. The van der Waals surface area contributed by atoms with Crippen molar-refractivity contribution in [2.75, 3.05) is 21.2 Å². The number of benzene rings is 2. The Kier molecular flexibility index (Phi) is 6.31. The third kappa shape index (κ3) is 4.32. The van der Waals surface area contributed by atoms with E-state index < -0.39 is 5.97 Å². The molecule has 2 aromatic carbocycles. The topological polar surface area (TPSA) is 71.8 Å². The van der Waals surface area contributed by atoms with Crippen LogP contribution in [0.1, 0.15) is 21.6 Å². The van der Waals surface area contributed by atoms with Gasteiger partial charge in [0.25, 0.3) is 5.91 Å². The number of hydrogen-bond acceptors (Lipinski definition) is 4. The van der Waals surface area contributed by atoms with E-state index in [4.69, 9.17) is 16.3 Å². The number of fused-ring (bicyclic) bond motifs is 1. The minimum atomic E-state index is -0.968. The van der Waals surface area contributed by atoms with Crippen LogP contribution >= 0.6 is 27.5 Å². The van der Waals surface area contributed by atoms with Gasteiger partial charge in [0.1, 0.15) is 5.75 Å². The maximum atomic E-state index is 13.4. The van der Waals surface area contributed by atoms with Gasteiger partial charge in [0, 0.05) is 28.2 Å². The van der Waals surface area contributed by atoms with Crippen LogP contribution in [-0.2, 0) is 17.8 Å². The molecule has 0 radical (unpaired) electrons. The summed E-state index contributed by atoms with van der Waals surface area (Å²) in [6, 6.07) is 10.2. The average Bonchev–Trinajstić information content (AvgIpc) is 2.92. The molecule has 0 aliphatic heterocycles. The zero-order chi connectivity index (χ0) is 21.3. The van der Waals surface area contributed by atoms with E-state index in [1.165, 1.54) is 0 Å². The number of hydrogen-bond donors (Lipinski definition) is 1. The monoisotopic (exact) mass is 478 g/mol. The molecule has 0 saturated heterocycles. The van der Waals surface area contributed by atoms with Crippen LogP contribution in [0, 0.1) is 0 Å². The molecule has 0 fully saturated rings. The molecule has 0 aliphatic rings. The fourth-order valence-electron chi connectivity index (χ4n) is 3.33. The van der Waals surface area contributed by atoms with E-state index in [9.17, 15) is 14.7 Å². The van der Waals surface area contributed by atoms with Crippen LogP contribution in [0.4, 0.5) is 0 Å². The summed E-state index contributed by atoms with van der Waals surface area (Å²) in [5.41, 5.74) is 2.30. The lowest BCUT2D eigenvalue weighted by molar-refractivity contribution is -0.136. The van der Waals surface area contributed by atoms with Crippen LogP contribution in [0.2, 0.25) is 5.02 Å². The van der Waals surface area contributed by atoms with Gasteiger partial charge >= 0.3 is 5.97 Å². The number of nitrogens with zero attached hydrogens (tertiary/aromatic N) is 2. The molecule has 29 heavy (non-hydrogen) atoms. The normalized spacial score (nSPS) is 11.2. The molecule has 6 nitrogen and oxygen atoms in total. The molecule has 152 valence electrons. The van der Waals surface area contributed by atoms with Crippen molar-refractivity contribution in [1.82, 2.24) is 9.47 Å². The maximum absolute atomic E-state index is 13.4. The van der Waals surface area contributed by atoms with Crippen molar-refractivity contribution in [1.29, 1.82) is 0 Å². The smallest absolute Gasteiger partial charge is 0.307 e. The number of methoxy groups -OCH3 is 1. The van der Waals surface area contributed by atoms with E-state index in [0.717, 1.165) is 0 Å². The first kappa shape index (κ1) is 21.4. The molecule has 0 unspecified atom stereocenters. The average molecular weight is 480 g/mol. The van der Waals surface area contributed by atoms with E-state index in [2.05, 4.69) is 15.9 Å². The van der Waals surface area contributed by atoms with Gasteiger partial charge in [-0.2, -0.15) is 0 Å². The lowest BCUT2D eigenvalue weighted by Crippen LogP contribution is -2.21. The van der Waals surface area contributed by atoms with Crippen molar-refractivity contribution >= 4 is 50.3 Å². The molecular weight excluding hydrogens is 460 g/mol. The molecule has 0 bridgehead atoms. The van der Waals surface area contributed by atoms with Gasteiger partial charge in [0.15, 0.2) is 0 Å².